The smallest absolute Gasteiger partial charge is 0.394 e. The van der Waals surface area contributed by atoms with Gasteiger partial charge in [-0.3, -0.25) is 9.35 Å². The number of rotatable bonds is 48. The van der Waals surface area contributed by atoms with Gasteiger partial charge in [0.05, 0.1) is 25.4 Å². The van der Waals surface area contributed by atoms with Crippen LogP contribution in [0, 0.1) is 0 Å². The Kier molecular flexibility index (Phi) is 41.2. The monoisotopic (exact) mass is 950 g/mol. The number of amides is 1. The molecule has 13 heteroatoms. The maximum atomic E-state index is 13.1. The largest absolute Gasteiger partial charge is 0.397 e. The standard InChI is InChI=1S/C52H103NO11S/c1-3-5-7-9-11-13-15-17-19-20-21-22-23-24-25-26-27-28-30-32-34-36-38-40-42-48(56)53-45(44-62-52-50(58)51(64-65(59,60)61)49(57)47(43-54)63-52)46(55)41-39-37-35-33-31-29-18-16-14-12-10-8-6-4-2/h45-47,49-52,54-55,57-58H,3-44H2,1-2H3,(H,53,56)(H,59,60,61). The van der Waals surface area contributed by atoms with E-state index >= 15 is 0 Å². The predicted molar refractivity (Wildman–Crippen MR) is 264 cm³/mol. The lowest BCUT2D eigenvalue weighted by atomic mass is 9.99. The molecule has 1 aliphatic rings. The van der Waals surface area contributed by atoms with Gasteiger partial charge in [0.15, 0.2) is 6.29 Å². The minimum Gasteiger partial charge on any atom is -0.394 e. The molecule has 1 rings (SSSR count). The first-order chi connectivity index (χ1) is 31.5. The van der Waals surface area contributed by atoms with Crippen LogP contribution in [0.5, 0.6) is 0 Å². The van der Waals surface area contributed by atoms with Crippen molar-refractivity contribution in [3.05, 3.63) is 0 Å². The Bertz CT molecular complexity index is 1160. The molecule has 0 aliphatic carbocycles. The van der Waals surface area contributed by atoms with Crippen LogP contribution in [0.15, 0.2) is 0 Å². The van der Waals surface area contributed by atoms with Gasteiger partial charge in [0.1, 0.15) is 24.4 Å². The van der Waals surface area contributed by atoms with Crippen LogP contribution in [0.25, 0.3) is 0 Å². The molecule has 1 aliphatic heterocycles. The van der Waals surface area contributed by atoms with Crippen molar-refractivity contribution < 1.29 is 51.8 Å². The average Bonchev–Trinajstić information content (AvgIpc) is 3.28. The molecule has 388 valence electrons. The minimum absolute atomic E-state index is 0.223. The molecule has 0 aromatic heterocycles. The zero-order chi connectivity index (χ0) is 47.6. The molecule has 1 fully saturated rings. The second-order valence-corrected chi connectivity index (χ2v) is 20.6. The van der Waals surface area contributed by atoms with E-state index in [4.69, 9.17) is 9.47 Å². The summed E-state index contributed by atoms with van der Waals surface area (Å²) in [7, 11) is -5.07. The van der Waals surface area contributed by atoms with E-state index < -0.39 is 59.9 Å². The van der Waals surface area contributed by atoms with Gasteiger partial charge in [-0.1, -0.05) is 251 Å². The fraction of sp³-hybridized carbons (Fsp3) is 0.981. The number of hydrogen-bond donors (Lipinski definition) is 6. The van der Waals surface area contributed by atoms with Crippen molar-refractivity contribution in [2.45, 2.75) is 314 Å². The van der Waals surface area contributed by atoms with E-state index in [1.807, 2.05) is 0 Å². The number of aliphatic hydroxyl groups excluding tert-OH is 4. The summed E-state index contributed by atoms with van der Waals surface area (Å²) in [5.74, 6) is -0.223. The van der Waals surface area contributed by atoms with Crippen molar-refractivity contribution in [1.82, 2.24) is 5.32 Å². The molecule has 7 unspecified atom stereocenters. The Morgan fingerprint density at radius 2 is 0.892 bits per heavy atom. The van der Waals surface area contributed by atoms with E-state index in [0.29, 0.717) is 12.8 Å². The second-order valence-electron chi connectivity index (χ2n) is 19.5. The number of carbonyl (C=O) groups excluding carboxylic acids is 1. The Morgan fingerprint density at radius 3 is 1.23 bits per heavy atom. The third-order valence-corrected chi connectivity index (χ3v) is 13.9. The molecule has 0 bridgehead atoms. The van der Waals surface area contributed by atoms with Gasteiger partial charge in [0.25, 0.3) is 0 Å². The third-order valence-electron chi connectivity index (χ3n) is 13.4. The highest BCUT2D eigenvalue weighted by molar-refractivity contribution is 7.80. The lowest BCUT2D eigenvalue weighted by Crippen LogP contribution is -2.61. The van der Waals surface area contributed by atoms with E-state index in [1.54, 1.807) is 0 Å². The maximum Gasteiger partial charge on any atom is 0.397 e. The molecular weight excluding hydrogens is 847 g/mol. The Morgan fingerprint density at radius 1 is 0.554 bits per heavy atom. The number of unbranched alkanes of at least 4 members (excludes halogenated alkanes) is 36. The fourth-order valence-electron chi connectivity index (χ4n) is 9.17. The van der Waals surface area contributed by atoms with Crippen LogP contribution in [-0.2, 0) is 28.9 Å². The Hall–Kier alpha value is -0.900. The normalized spacial score (nSPS) is 20.0. The number of ether oxygens (including phenoxy) is 2. The molecule has 0 saturated carbocycles. The summed E-state index contributed by atoms with van der Waals surface area (Å²) < 4.78 is 47.8. The van der Waals surface area contributed by atoms with Crippen LogP contribution < -0.4 is 5.32 Å². The van der Waals surface area contributed by atoms with Gasteiger partial charge in [-0.05, 0) is 12.8 Å². The van der Waals surface area contributed by atoms with Crippen molar-refractivity contribution in [2.24, 2.45) is 0 Å². The highest BCUT2D eigenvalue weighted by Crippen LogP contribution is 2.26. The maximum absolute atomic E-state index is 13.1. The van der Waals surface area contributed by atoms with Gasteiger partial charge in [-0.15, -0.1) is 0 Å². The van der Waals surface area contributed by atoms with Crippen molar-refractivity contribution >= 4 is 16.3 Å². The van der Waals surface area contributed by atoms with Gasteiger partial charge in [0.2, 0.25) is 5.91 Å². The lowest BCUT2D eigenvalue weighted by molar-refractivity contribution is -0.298. The molecule has 7 atom stereocenters. The number of hydrogen-bond acceptors (Lipinski definition) is 10. The topological polar surface area (TPSA) is 192 Å². The molecule has 1 amide bonds. The van der Waals surface area contributed by atoms with E-state index in [0.717, 1.165) is 51.4 Å². The summed E-state index contributed by atoms with van der Waals surface area (Å²) in [6, 6.07) is -0.852. The van der Waals surface area contributed by atoms with Gasteiger partial charge in [0, 0.05) is 6.42 Å². The van der Waals surface area contributed by atoms with Crippen LogP contribution in [0.2, 0.25) is 0 Å². The molecule has 1 heterocycles. The molecule has 1 saturated heterocycles. The number of nitrogens with one attached hydrogen (secondary N) is 1. The molecule has 65 heavy (non-hydrogen) atoms. The lowest BCUT2D eigenvalue weighted by Gasteiger charge is -2.41. The highest BCUT2D eigenvalue weighted by atomic mass is 32.3. The van der Waals surface area contributed by atoms with Crippen LogP contribution >= 0.6 is 0 Å². The number of carbonyl (C=O) groups is 1. The minimum atomic E-state index is -5.07. The van der Waals surface area contributed by atoms with E-state index in [2.05, 4.69) is 23.3 Å². The molecule has 0 aromatic carbocycles. The zero-order valence-electron chi connectivity index (χ0n) is 41.8. The first-order valence-corrected chi connectivity index (χ1v) is 28.8. The molecule has 6 N–H and O–H groups in total. The third kappa shape index (κ3) is 35.8. The molecule has 0 radical (unpaired) electrons. The van der Waals surface area contributed by atoms with Crippen molar-refractivity contribution in [3.63, 3.8) is 0 Å². The van der Waals surface area contributed by atoms with Crippen LogP contribution in [0.3, 0.4) is 0 Å². The first-order valence-electron chi connectivity index (χ1n) is 27.4. The fourth-order valence-corrected chi connectivity index (χ4v) is 9.68. The second kappa shape index (κ2) is 43.1. The molecule has 0 aromatic rings. The number of aliphatic hydroxyl groups is 4. The quantitative estimate of drug-likeness (QED) is 0.0251. The van der Waals surface area contributed by atoms with Gasteiger partial charge >= 0.3 is 10.4 Å². The van der Waals surface area contributed by atoms with Crippen LogP contribution in [0.1, 0.15) is 271 Å². The van der Waals surface area contributed by atoms with Gasteiger partial charge < -0.3 is 35.2 Å². The van der Waals surface area contributed by atoms with Crippen molar-refractivity contribution in [3.8, 4) is 0 Å². The Balaban J connectivity index is 2.33. The Labute approximate surface area is 398 Å². The molecule has 12 nitrogen and oxygen atoms in total. The van der Waals surface area contributed by atoms with E-state index in [-0.39, 0.29) is 12.5 Å². The summed E-state index contributed by atoms with van der Waals surface area (Å²) in [4.78, 5) is 13.1. The van der Waals surface area contributed by atoms with Crippen LogP contribution in [-0.4, -0.2) is 95.4 Å². The summed E-state index contributed by atoms with van der Waals surface area (Å²) in [6.45, 7) is 3.48. The first kappa shape index (κ1) is 62.1. The van der Waals surface area contributed by atoms with E-state index in [1.165, 1.54) is 193 Å². The van der Waals surface area contributed by atoms with Crippen molar-refractivity contribution in [2.75, 3.05) is 13.2 Å². The van der Waals surface area contributed by atoms with Crippen LogP contribution in [0.4, 0.5) is 0 Å². The highest BCUT2D eigenvalue weighted by Gasteiger charge is 2.48. The SMILES string of the molecule is CCCCCCCCCCCCCCCCCCCCCCCCCCC(=O)NC(COC1OC(CO)C(O)C(OS(=O)(=O)O)C1O)C(O)CCCCCCCCCCCCCCCC. The summed E-state index contributed by atoms with van der Waals surface area (Å²) in [6.07, 6.45) is 39.7. The summed E-state index contributed by atoms with van der Waals surface area (Å²) in [5.41, 5.74) is 0. The zero-order valence-corrected chi connectivity index (χ0v) is 42.7. The molecular formula is C52H103NO11S. The van der Waals surface area contributed by atoms with Gasteiger partial charge in [-0.25, -0.2) is 4.18 Å². The summed E-state index contributed by atoms with van der Waals surface area (Å²) in [5, 5.41) is 45.0. The van der Waals surface area contributed by atoms with Gasteiger partial charge in [-0.2, -0.15) is 8.42 Å². The average molecular weight is 950 g/mol. The van der Waals surface area contributed by atoms with Crippen molar-refractivity contribution in [1.29, 1.82) is 0 Å². The molecule has 0 spiro atoms. The predicted octanol–water partition coefficient (Wildman–Crippen LogP) is 12.1. The van der Waals surface area contributed by atoms with E-state index in [9.17, 15) is 38.2 Å². The summed E-state index contributed by atoms with van der Waals surface area (Å²) >= 11 is 0.